The Hall–Kier alpha value is -2.82. The van der Waals surface area contributed by atoms with Crippen molar-refractivity contribution < 1.29 is 18.3 Å². The molecule has 0 saturated heterocycles. The van der Waals surface area contributed by atoms with Crippen molar-refractivity contribution in [3.05, 3.63) is 65.2 Å². The first-order chi connectivity index (χ1) is 12.6. The van der Waals surface area contributed by atoms with Crippen molar-refractivity contribution in [1.82, 2.24) is 4.90 Å². The number of furan rings is 1. The number of rotatable bonds is 5. The number of nitrogens with zero attached hydrogens (tertiary/aromatic N) is 1. The van der Waals surface area contributed by atoms with E-state index in [0.717, 1.165) is 23.8 Å². The molecule has 5 heteroatoms. The third-order valence-electron chi connectivity index (χ3n) is 4.88. The highest BCUT2D eigenvalue weighted by Crippen LogP contribution is 2.34. The molecule has 1 aliphatic rings. The molecule has 1 heterocycles. The molecule has 0 spiro atoms. The van der Waals surface area contributed by atoms with Crippen LogP contribution in [-0.2, 0) is 6.54 Å². The van der Waals surface area contributed by atoms with Crippen LogP contribution < -0.4 is 4.74 Å². The van der Waals surface area contributed by atoms with Gasteiger partial charge in [-0.1, -0.05) is 18.2 Å². The molecule has 1 amide bonds. The summed E-state index contributed by atoms with van der Waals surface area (Å²) in [4.78, 5) is 14.9. The Bertz CT molecular complexity index is 975. The van der Waals surface area contributed by atoms with Gasteiger partial charge < -0.3 is 14.1 Å². The number of hydrogen-bond donors (Lipinski definition) is 0. The Kier molecular flexibility index (Phi) is 4.15. The Morgan fingerprint density at radius 1 is 1.27 bits per heavy atom. The zero-order valence-corrected chi connectivity index (χ0v) is 14.8. The van der Waals surface area contributed by atoms with Crippen LogP contribution in [0.25, 0.3) is 11.0 Å². The average molecular weight is 353 g/mol. The second-order valence-electron chi connectivity index (χ2n) is 6.67. The summed E-state index contributed by atoms with van der Waals surface area (Å²) >= 11 is 0. The van der Waals surface area contributed by atoms with Gasteiger partial charge in [0.25, 0.3) is 5.91 Å². The van der Waals surface area contributed by atoms with E-state index in [0.29, 0.717) is 22.7 Å². The quantitative estimate of drug-likeness (QED) is 0.668. The van der Waals surface area contributed by atoms with Gasteiger partial charge in [-0.25, -0.2) is 4.39 Å². The van der Waals surface area contributed by atoms with Crippen LogP contribution in [0.5, 0.6) is 5.75 Å². The summed E-state index contributed by atoms with van der Waals surface area (Å²) in [5, 5.41) is 0.856. The van der Waals surface area contributed by atoms with Crippen molar-refractivity contribution in [3.63, 3.8) is 0 Å². The molecule has 0 atom stereocenters. The van der Waals surface area contributed by atoms with Gasteiger partial charge in [-0.15, -0.1) is 0 Å². The van der Waals surface area contributed by atoms with Gasteiger partial charge in [0.2, 0.25) is 0 Å². The number of halogens is 1. The van der Waals surface area contributed by atoms with Crippen molar-refractivity contribution in [2.75, 3.05) is 7.11 Å². The molecular formula is C21H20FNO3. The van der Waals surface area contributed by atoms with Gasteiger partial charge in [-0.05, 0) is 44.0 Å². The molecule has 1 aromatic heterocycles. The van der Waals surface area contributed by atoms with E-state index in [1.54, 1.807) is 42.3 Å². The van der Waals surface area contributed by atoms with Gasteiger partial charge in [-0.3, -0.25) is 4.79 Å². The maximum absolute atomic E-state index is 14.1. The lowest BCUT2D eigenvalue weighted by atomic mass is 10.1. The van der Waals surface area contributed by atoms with Crippen LogP contribution in [-0.4, -0.2) is 24.0 Å². The van der Waals surface area contributed by atoms with E-state index >= 15 is 0 Å². The molecule has 0 bridgehead atoms. The molecule has 3 aromatic rings. The lowest BCUT2D eigenvalue weighted by Crippen LogP contribution is -2.33. The van der Waals surface area contributed by atoms with E-state index in [1.165, 1.54) is 6.07 Å². The van der Waals surface area contributed by atoms with Crippen LogP contribution in [0.3, 0.4) is 0 Å². The number of carbonyl (C=O) groups excluding carboxylic acids is 1. The van der Waals surface area contributed by atoms with Crippen LogP contribution in [0.15, 0.2) is 46.9 Å². The van der Waals surface area contributed by atoms with E-state index in [-0.39, 0.29) is 24.3 Å². The summed E-state index contributed by atoms with van der Waals surface area (Å²) in [7, 11) is 1.60. The summed E-state index contributed by atoms with van der Waals surface area (Å²) < 4.78 is 25.2. The van der Waals surface area contributed by atoms with Crippen LogP contribution in [0.4, 0.5) is 4.39 Å². The maximum atomic E-state index is 14.1. The highest BCUT2D eigenvalue weighted by molar-refractivity contribution is 5.99. The smallest absolute Gasteiger partial charge is 0.290 e. The lowest BCUT2D eigenvalue weighted by molar-refractivity contribution is 0.0697. The monoisotopic (exact) mass is 353 g/mol. The summed E-state index contributed by atoms with van der Waals surface area (Å²) in [5.74, 6) is 0.544. The third-order valence-corrected chi connectivity index (χ3v) is 4.88. The zero-order valence-electron chi connectivity index (χ0n) is 14.8. The fourth-order valence-corrected chi connectivity index (χ4v) is 3.22. The number of carbonyl (C=O) groups is 1. The minimum atomic E-state index is -0.294. The molecule has 0 radical (unpaired) electrons. The topological polar surface area (TPSA) is 42.7 Å². The van der Waals surface area contributed by atoms with Crippen LogP contribution in [0.2, 0.25) is 0 Å². The molecule has 0 aliphatic heterocycles. The SMILES string of the molecule is COc1ccc2oc(C(=O)N(Cc3ccccc3F)C3CC3)c(C)c2c1. The predicted octanol–water partition coefficient (Wildman–Crippen LogP) is 4.69. The van der Waals surface area contributed by atoms with Gasteiger partial charge in [0, 0.05) is 29.1 Å². The normalized spacial score (nSPS) is 13.8. The van der Waals surface area contributed by atoms with E-state index < -0.39 is 0 Å². The Morgan fingerprint density at radius 3 is 2.73 bits per heavy atom. The van der Waals surface area contributed by atoms with E-state index in [9.17, 15) is 9.18 Å². The molecule has 26 heavy (non-hydrogen) atoms. The Balaban J connectivity index is 1.69. The number of ether oxygens (including phenoxy) is 1. The molecule has 2 aromatic carbocycles. The number of hydrogen-bond acceptors (Lipinski definition) is 3. The molecule has 4 nitrogen and oxygen atoms in total. The standard InChI is InChI=1S/C21H20FNO3/c1-13-17-11-16(25-2)9-10-19(17)26-20(13)21(24)23(15-7-8-15)12-14-5-3-4-6-18(14)22/h3-6,9-11,15H,7-8,12H2,1-2H3. The lowest BCUT2D eigenvalue weighted by Gasteiger charge is -2.22. The van der Waals surface area contributed by atoms with Crippen LogP contribution in [0, 0.1) is 12.7 Å². The molecule has 1 fully saturated rings. The second kappa shape index (κ2) is 6.48. The first-order valence-corrected chi connectivity index (χ1v) is 8.70. The number of methoxy groups -OCH3 is 1. The van der Waals surface area contributed by atoms with Crippen molar-refractivity contribution in [2.45, 2.75) is 32.4 Å². The number of amides is 1. The summed E-state index contributed by atoms with van der Waals surface area (Å²) in [6.45, 7) is 2.11. The molecule has 0 N–H and O–H groups in total. The Labute approximate surface area is 151 Å². The fraction of sp³-hybridized carbons (Fsp3) is 0.286. The van der Waals surface area contributed by atoms with Gasteiger partial charge in [-0.2, -0.15) is 0 Å². The molecule has 134 valence electrons. The fourth-order valence-electron chi connectivity index (χ4n) is 3.22. The minimum Gasteiger partial charge on any atom is -0.497 e. The highest BCUT2D eigenvalue weighted by Gasteiger charge is 2.35. The van der Waals surface area contributed by atoms with Crippen molar-refractivity contribution in [1.29, 1.82) is 0 Å². The van der Waals surface area contributed by atoms with Crippen LogP contribution >= 0.6 is 0 Å². The van der Waals surface area contributed by atoms with Gasteiger partial charge >= 0.3 is 0 Å². The maximum Gasteiger partial charge on any atom is 0.290 e. The second-order valence-corrected chi connectivity index (χ2v) is 6.67. The van der Waals surface area contributed by atoms with E-state index in [4.69, 9.17) is 9.15 Å². The summed E-state index contributed by atoms with van der Waals surface area (Å²) in [5.41, 5.74) is 1.94. The first-order valence-electron chi connectivity index (χ1n) is 8.70. The van der Waals surface area contributed by atoms with Crippen molar-refractivity contribution in [2.24, 2.45) is 0 Å². The first kappa shape index (κ1) is 16.6. The predicted molar refractivity (Wildman–Crippen MR) is 96.8 cm³/mol. The van der Waals surface area contributed by atoms with E-state index in [2.05, 4.69) is 0 Å². The third kappa shape index (κ3) is 2.94. The van der Waals surface area contributed by atoms with Crippen molar-refractivity contribution in [3.8, 4) is 5.75 Å². The molecule has 1 aliphatic carbocycles. The minimum absolute atomic E-state index is 0.143. The number of benzene rings is 2. The summed E-state index contributed by atoms with van der Waals surface area (Å²) in [6, 6.07) is 12.2. The van der Waals surface area contributed by atoms with Gasteiger partial charge in [0.15, 0.2) is 5.76 Å². The molecule has 4 rings (SSSR count). The van der Waals surface area contributed by atoms with Crippen molar-refractivity contribution >= 4 is 16.9 Å². The molecular weight excluding hydrogens is 333 g/mol. The Morgan fingerprint density at radius 2 is 2.04 bits per heavy atom. The average Bonchev–Trinajstić information content (AvgIpc) is 3.44. The molecule has 1 saturated carbocycles. The summed E-state index contributed by atoms with van der Waals surface area (Å²) in [6.07, 6.45) is 1.88. The van der Waals surface area contributed by atoms with E-state index in [1.807, 2.05) is 13.0 Å². The molecule has 0 unspecified atom stereocenters. The zero-order chi connectivity index (χ0) is 18.3. The number of aryl methyl sites for hydroxylation is 1. The largest absolute Gasteiger partial charge is 0.497 e. The van der Waals surface area contributed by atoms with Gasteiger partial charge in [0.05, 0.1) is 7.11 Å². The highest BCUT2D eigenvalue weighted by atomic mass is 19.1. The van der Waals surface area contributed by atoms with Crippen LogP contribution in [0.1, 0.15) is 34.5 Å². The number of fused-ring (bicyclic) bond motifs is 1. The van der Waals surface area contributed by atoms with Gasteiger partial charge in [0.1, 0.15) is 17.1 Å².